The number of ether oxygens (including phenoxy) is 1. The Bertz CT molecular complexity index is 563. The van der Waals surface area contributed by atoms with Crippen LogP contribution < -0.4 is 0 Å². The van der Waals surface area contributed by atoms with Crippen molar-refractivity contribution in [2.45, 2.75) is 25.0 Å². The largest absolute Gasteiger partial charge is 0.363 e. The zero-order valence-corrected chi connectivity index (χ0v) is 11.0. The number of methoxy groups -OCH3 is 1. The zero-order valence-electron chi connectivity index (χ0n) is 9.43. The number of rotatable bonds is 3. The Hall–Kier alpha value is -0.910. The molecule has 1 unspecified atom stereocenters. The van der Waals surface area contributed by atoms with Gasteiger partial charge in [-0.3, -0.25) is 0 Å². The third kappa shape index (κ3) is 1.99. The maximum Gasteiger partial charge on any atom is 0.200 e. The molecule has 90 valence electrons. The molecule has 1 fully saturated rings. The molecule has 2 heterocycles. The van der Waals surface area contributed by atoms with E-state index in [4.69, 9.17) is 4.74 Å². The molecule has 1 N–H and O–H groups in total. The second-order valence-electron chi connectivity index (χ2n) is 4.38. The van der Waals surface area contributed by atoms with Crippen LogP contribution in [0.3, 0.4) is 0 Å². The van der Waals surface area contributed by atoms with Gasteiger partial charge in [0.1, 0.15) is 10.3 Å². The van der Waals surface area contributed by atoms with Gasteiger partial charge in [0.2, 0.25) is 0 Å². The maximum atomic E-state index is 9.60. The summed E-state index contributed by atoms with van der Waals surface area (Å²) in [5.74, 6) is 0.696. The van der Waals surface area contributed by atoms with Crippen molar-refractivity contribution in [1.29, 1.82) is 0 Å². The Morgan fingerprint density at radius 2 is 2.24 bits per heavy atom. The number of aliphatic hydroxyl groups excluding tert-OH is 1. The summed E-state index contributed by atoms with van der Waals surface area (Å²) in [4.78, 5) is 0. The van der Waals surface area contributed by atoms with Crippen LogP contribution in [0.5, 0.6) is 0 Å². The highest BCUT2D eigenvalue weighted by molar-refractivity contribution is 9.10. The Morgan fingerprint density at radius 1 is 1.47 bits per heavy atom. The number of hydrogen-bond donors (Lipinski definition) is 1. The second-order valence-corrected chi connectivity index (χ2v) is 5.19. The molecule has 0 bridgehead atoms. The number of fused-ring (bicyclic) bond motifs is 1. The lowest BCUT2D eigenvalue weighted by Crippen LogP contribution is -2.00. The van der Waals surface area contributed by atoms with Crippen LogP contribution in [0.15, 0.2) is 22.8 Å². The second kappa shape index (κ2) is 4.08. The fraction of sp³-hybridized carbons (Fsp3) is 0.417. The van der Waals surface area contributed by atoms with Gasteiger partial charge in [-0.1, -0.05) is 0 Å². The van der Waals surface area contributed by atoms with Gasteiger partial charge < -0.3 is 9.84 Å². The number of aliphatic hydroxyl groups is 1. The lowest BCUT2D eigenvalue weighted by atomic mass is 10.1. The van der Waals surface area contributed by atoms with Crippen molar-refractivity contribution in [2.75, 3.05) is 7.11 Å². The van der Waals surface area contributed by atoms with Gasteiger partial charge in [0.15, 0.2) is 6.29 Å². The van der Waals surface area contributed by atoms with E-state index in [-0.39, 0.29) is 0 Å². The van der Waals surface area contributed by atoms with E-state index < -0.39 is 6.29 Å². The van der Waals surface area contributed by atoms with Crippen molar-refractivity contribution in [3.8, 4) is 0 Å². The minimum absolute atomic E-state index is 0.529. The summed E-state index contributed by atoms with van der Waals surface area (Å²) in [6.07, 6.45) is 1.57. The lowest BCUT2D eigenvalue weighted by molar-refractivity contribution is -0.0800. The molecular weight excluding hydrogens is 284 g/mol. The van der Waals surface area contributed by atoms with E-state index in [0.717, 1.165) is 10.1 Å². The molecule has 0 radical (unpaired) electrons. The SMILES string of the molecule is COC(O)c1cc2cc(C3CC3)cc(Br)n2n1. The van der Waals surface area contributed by atoms with Crippen LogP contribution >= 0.6 is 15.9 Å². The van der Waals surface area contributed by atoms with Gasteiger partial charge in [-0.25, -0.2) is 4.52 Å². The summed E-state index contributed by atoms with van der Waals surface area (Å²) in [5.41, 5.74) is 2.84. The molecule has 2 aromatic heterocycles. The molecule has 5 heteroatoms. The maximum absolute atomic E-state index is 9.60. The first-order valence-corrected chi connectivity index (χ1v) is 6.38. The minimum atomic E-state index is -0.967. The smallest absolute Gasteiger partial charge is 0.200 e. The van der Waals surface area contributed by atoms with E-state index in [1.807, 2.05) is 6.07 Å². The standard InChI is InChI=1S/C12H13BrN2O2/c1-17-12(16)10-6-9-4-8(7-2-3-7)5-11(13)15(9)14-10/h4-7,12,16H,2-3H2,1H3. The highest BCUT2D eigenvalue weighted by atomic mass is 79.9. The fourth-order valence-electron chi connectivity index (χ4n) is 1.99. The van der Waals surface area contributed by atoms with Gasteiger partial charge in [-0.05, 0) is 58.5 Å². The van der Waals surface area contributed by atoms with E-state index in [9.17, 15) is 5.11 Å². The third-order valence-corrected chi connectivity index (χ3v) is 3.65. The Balaban J connectivity index is 2.10. The average Bonchev–Trinajstić information content (AvgIpc) is 3.08. The average molecular weight is 297 g/mol. The first kappa shape index (κ1) is 11.2. The van der Waals surface area contributed by atoms with Crippen molar-refractivity contribution in [3.63, 3.8) is 0 Å². The topological polar surface area (TPSA) is 46.8 Å². The van der Waals surface area contributed by atoms with Crippen molar-refractivity contribution < 1.29 is 9.84 Å². The van der Waals surface area contributed by atoms with Crippen LogP contribution in [0.1, 0.15) is 36.3 Å². The van der Waals surface area contributed by atoms with Crippen LogP contribution in [0.2, 0.25) is 0 Å². The molecule has 0 spiro atoms. The van der Waals surface area contributed by atoms with E-state index in [0.29, 0.717) is 11.6 Å². The van der Waals surface area contributed by atoms with E-state index >= 15 is 0 Å². The van der Waals surface area contributed by atoms with E-state index in [2.05, 4.69) is 33.2 Å². The van der Waals surface area contributed by atoms with Crippen molar-refractivity contribution in [1.82, 2.24) is 9.61 Å². The minimum Gasteiger partial charge on any atom is -0.363 e. The van der Waals surface area contributed by atoms with Crippen molar-refractivity contribution >= 4 is 21.4 Å². The van der Waals surface area contributed by atoms with Crippen LogP contribution in [-0.4, -0.2) is 21.8 Å². The monoisotopic (exact) mass is 296 g/mol. The van der Waals surface area contributed by atoms with Gasteiger partial charge in [-0.2, -0.15) is 5.10 Å². The third-order valence-electron chi connectivity index (χ3n) is 3.08. The summed E-state index contributed by atoms with van der Waals surface area (Å²) in [6.45, 7) is 0. The predicted octanol–water partition coefficient (Wildman–Crippen LogP) is 2.61. The molecule has 1 aliphatic rings. The molecular formula is C12H13BrN2O2. The predicted molar refractivity (Wildman–Crippen MR) is 66.8 cm³/mol. The van der Waals surface area contributed by atoms with Gasteiger partial charge >= 0.3 is 0 Å². The molecule has 0 aromatic carbocycles. The first-order valence-electron chi connectivity index (χ1n) is 5.59. The zero-order chi connectivity index (χ0) is 12.0. The number of pyridine rings is 1. The summed E-state index contributed by atoms with van der Waals surface area (Å²) < 4.78 is 7.54. The highest BCUT2D eigenvalue weighted by Crippen LogP contribution is 2.41. The number of halogens is 1. The Labute approximate surface area is 107 Å². The summed E-state index contributed by atoms with van der Waals surface area (Å²) in [7, 11) is 1.46. The molecule has 1 atom stereocenters. The van der Waals surface area contributed by atoms with E-state index in [1.54, 1.807) is 4.52 Å². The number of aromatic nitrogens is 2. The lowest BCUT2D eigenvalue weighted by Gasteiger charge is -2.03. The van der Waals surface area contributed by atoms with Gasteiger partial charge in [-0.15, -0.1) is 0 Å². The molecule has 4 nitrogen and oxygen atoms in total. The molecule has 0 saturated heterocycles. The molecule has 0 amide bonds. The van der Waals surface area contributed by atoms with Gasteiger partial charge in [0, 0.05) is 7.11 Å². The van der Waals surface area contributed by atoms with Gasteiger partial charge in [0.05, 0.1) is 5.52 Å². The van der Waals surface area contributed by atoms with Gasteiger partial charge in [0.25, 0.3) is 0 Å². The van der Waals surface area contributed by atoms with Crippen molar-refractivity contribution in [3.05, 3.63) is 34.1 Å². The van der Waals surface area contributed by atoms with Crippen LogP contribution in [0, 0.1) is 0 Å². The Kier molecular flexibility index (Phi) is 2.69. The first-order chi connectivity index (χ1) is 8.19. The molecule has 2 aromatic rings. The quantitative estimate of drug-likeness (QED) is 0.700. The summed E-state index contributed by atoms with van der Waals surface area (Å²) >= 11 is 3.51. The number of nitrogens with zero attached hydrogens (tertiary/aromatic N) is 2. The van der Waals surface area contributed by atoms with Crippen LogP contribution in [-0.2, 0) is 4.74 Å². The Morgan fingerprint density at radius 3 is 2.88 bits per heavy atom. The molecule has 1 saturated carbocycles. The molecule has 3 rings (SSSR count). The molecule has 1 aliphatic carbocycles. The van der Waals surface area contributed by atoms with Crippen LogP contribution in [0.25, 0.3) is 5.52 Å². The van der Waals surface area contributed by atoms with E-state index in [1.165, 1.54) is 25.5 Å². The highest BCUT2D eigenvalue weighted by Gasteiger charge is 2.25. The van der Waals surface area contributed by atoms with Crippen LogP contribution in [0.4, 0.5) is 0 Å². The summed E-state index contributed by atoms with van der Waals surface area (Å²) in [5, 5.41) is 13.9. The summed E-state index contributed by atoms with van der Waals surface area (Å²) in [6, 6.07) is 6.08. The number of hydrogen-bond acceptors (Lipinski definition) is 3. The fourth-order valence-corrected chi connectivity index (χ4v) is 2.54. The molecule has 17 heavy (non-hydrogen) atoms. The van der Waals surface area contributed by atoms with Crippen molar-refractivity contribution in [2.24, 2.45) is 0 Å². The molecule has 0 aliphatic heterocycles. The normalized spacial score (nSPS) is 17.6.